The van der Waals surface area contributed by atoms with Crippen LogP contribution in [-0.4, -0.2) is 18.1 Å². The van der Waals surface area contributed by atoms with E-state index >= 15 is 0 Å². The van der Waals surface area contributed by atoms with Gasteiger partial charge in [-0.05, 0) is 49.3 Å². The van der Waals surface area contributed by atoms with Crippen molar-refractivity contribution in [1.82, 2.24) is 0 Å². The van der Waals surface area contributed by atoms with Crippen molar-refractivity contribution in [2.45, 2.75) is 26.7 Å². The van der Waals surface area contributed by atoms with E-state index in [1.807, 2.05) is 23.5 Å². The molecular weight excluding hydrogens is 222 g/mol. The van der Waals surface area contributed by atoms with Crippen LogP contribution >= 0.6 is 23.5 Å². The third-order valence-electron chi connectivity index (χ3n) is 2.47. The Labute approximate surface area is 102 Å². The second-order valence-electron chi connectivity index (χ2n) is 3.77. The van der Waals surface area contributed by atoms with Crippen LogP contribution in [0.1, 0.15) is 26.7 Å². The fraction of sp³-hybridized carbons (Fsp3) is 0.667. The summed E-state index contributed by atoms with van der Waals surface area (Å²) in [5.74, 6) is 3.15. The molecule has 0 aromatic heterocycles. The van der Waals surface area contributed by atoms with Crippen LogP contribution in [0.25, 0.3) is 0 Å². The van der Waals surface area contributed by atoms with Crippen LogP contribution in [0.15, 0.2) is 22.0 Å². The number of nitrogens with two attached hydrogens (primary N) is 1. The van der Waals surface area contributed by atoms with Crippen LogP contribution in [0.3, 0.4) is 0 Å². The maximum Gasteiger partial charge on any atom is 0.0435 e. The molecular formula is C12H21NS2. The van der Waals surface area contributed by atoms with Gasteiger partial charge in [0.2, 0.25) is 0 Å². The molecule has 1 rings (SSSR count). The number of hydrogen-bond donors (Lipinski definition) is 1. The summed E-state index contributed by atoms with van der Waals surface area (Å²) >= 11 is 4.03. The van der Waals surface area contributed by atoms with Gasteiger partial charge in [-0.15, -0.1) is 23.5 Å². The van der Waals surface area contributed by atoms with Crippen LogP contribution < -0.4 is 5.73 Å². The van der Waals surface area contributed by atoms with E-state index < -0.39 is 0 Å². The summed E-state index contributed by atoms with van der Waals surface area (Å²) in [5, 5.41) is 0. The summed E-state index contributed by atoms with van der Waals surface area (Å²) in [5.41, 5.74) is 7.13. The highest BCUT2D eigenvalue weighted by atomic mass is 32.2. The Morgan fingerprint density at radius 3 is 2.67 bits per heavy atom. The maximum atomic E-state index is 5.63. The molecule has 1 atom stereocenters. The molecule has 1 unspecified atom stereocenters. The lowest BCUT2D eigenvalue weighted by molar-refractivity contribution is 0.635. The Kier molecular flexibility index (Phi) is 6.53. The molecule has 0 aromatic carbocycles. The van der Waals surface area contributed by atoms with Gasteiger partial charge in [0.05, 0.1) is 0 Å². The smallest absolute Gasteiger partial charge is 0.0435 e. The summed E-state index contributed by atoms with van der Waals surface area (Å²) < 4.78 is 1.53. The molecule has 1 nitrogen and oxygen atoms in total. The second kappa shape index (κ2) is 7.42. The minimum atomic E-state index is 0.597. The number of allylic oxidation sites excluding steroid dienone is 3. The zero-order valence-electron chi connectivity index (χ0n) is 9.66. The van der Waals surface area contributed by atoms with Crippen molar-refractivity contribution in [2.75, 3.05) is 18.1 Å². The quantitative estimate of drug-likeness (QED) is 0.816. The molecule has 0 aliphatic carbocycles. The molecule has 0 bridgehead atoms. The van der Waals surface area contributed by atoms with Crippen LogP contribution in [-0.2, 0) is 0 Å². The molecule has 0 amide bonds. The van der Waals surface area contributed by atoms with E-state index in [-0.39, 0.29) is 0 Å². The predicted octanol–water partition coefficient (Wildman–Crippen LogP) is 3.63. The SMILES string of the molecule is C/C=C/C(=C1SCCCS1)C(C)CCN. The fourth-order valence-electron chi connectivity index (χ4n) is 1.62. The van der Waals surface area contributed by atoms with Gasteiger partial charge < -0.3 is 5.73 Å². The van der Waals surface area contributed by atoms with E-state index in [9.17, 15) is 0 Å². The molecule has 1 aliphatic rings. The maximum absolute atomic E-state index is 5.63. The first-order valence-corrected chi connectivity index (χ1v) is 7.59. The van der Waals surface area contributed by atoms with Crippen molar-refractivity contribution in [2.24, 2.45) is 11.7 Å². The molecule has 0 spiro atoms. The molecule has 0 saturated carbocycles. The van der Waals surface area contributed by atoms with Crippen molar-refractivity contribution in [3.05, 3.63) is 22.0 Å². The summed E-state index contributed by atoms with van der Waals surface area (Å²) in [6.07, 6.45) is 6.84. The molecule has 1 saturated heterocycles. The third kappa shape index (κ3) is 4.25. The predicted molar refractivity (Wildman–Crippen MR) is 74.2 cm³/mol. The lowest BCUT2D eigenvalue weighted by Gasteiger charge is -2.20. The van der Waals surface area contributed by atoms with Crippen LogP contribution in [0.4, 0.5) is 0 Å². The van der Waals surface area contributed by atoms with Crippen molar-refractivity contribution >= 4 is 23.5 Å². The Balaban J connectivity index is 2.78. The number of thioether (sulfide) groups is 2. The zero-order chi connectivity index (χ0) is 11.1. The molecule has 2 N–H and O–H groups in total. The molecule has 0 radical (unpaired) electrons. The molecule has 1 fully saturated rings. The molecule has 86 valence electrons. The largest absolute Gasteiger partial charge is 0.330 e. The van der Waals surface area contributed by atoms with E-state index in [0.29, 0.717) is 5.92 Å². The lowest BCUT2D eigenvalue weighted by atomic mass is 9.99. The average molecular weight is 243 g/mol. The van der Waals surface area contributed by atoms with E-state index in [0.717, 1.165) is 13.0 Å². The van der Waals surface area contributed by atoms with E-state index in [4.69, 9.17) is 5.73 Å². The highest BCUT2D eigenvalue weighted by molar-refractivity contribution is 8.22. The first-order valence-electron chi connectivity index (χ1n) is 5.62. The first-order chi connectivity index (χ1) is 7.29. The molecule has 15 heavy (non-hydrogen) atoms. The Morgan fingerprint density at radius 2 is 2.13 bits per heavy atom. The highest BCUT2D eigenvalue weighted by Gasteiger charge is 2.15. The van der Waals surface area contributed by atoms with Crippen molar-refractivity contribution in [1.29, 1.82) is 0 Å². The highest BCUT2D eigenvalue weighted by Crippen LogP contribution is 2.40. The van der Waals surface area contributed by atoms with Crippen LogP contribution in [0.2, 0.25) is 0 Å². The van der Waals surface area contributed by atoms with Gasteiger partial charge in [0.25, 0.3) is 0 Å². The van der Waals surface area contributed by atoms with Crippen molar-refractivity contribution < 1.29 is 0 Å². The molecule has 3 heteroatoms. The standard InChI is InChI=1S/C12H21NS2/c1-3-5-11(10(2)6-7-13)12-14-8-4-9-15-12/h3,5,10H,4,6-9,13H2,1-2H3/b5-3+. The third-order valence-corrected chi connectivity index (χ3v) is 5.16. The van der Waals surface area contributed by atoms with Gasteiger partial charge in [-0.2, -0.15) is 0 Å². The van der Waals surface area contributed by atoms with E-state index in [1.54, 1.807) is 0 Å². The minimum Gasteiger partial charge on any atom is -0.330 e. The molecule has 1 heterocycles. The normalized spacial score (nSPS) is 19.5. The topological polar surface area (TPSA) is 26.0 Å². The Bertz CT molecular complexity index is 238. The van der Waals surface area contributed by atoms with Gasteiger partial charge in [-0.1, -0.05) is 19.1 Å². The van der Waals surface area contributed by atoms with Gasteiger partial charge in [0.15, 0.2) is 0 Å². The number of rotatable bonds is 4. The van der Waals surface area contributed by atoms with Gasteiger partial charge in [-0.25, -0.2) is 0 Å². The van der Waals surface area contributed by atoms with Gasteiger partial charge in [-0.3, -0.25) is 0 Å². The van der Waals surface area contributed by atoms with E-state index in [2.05, 4.69) is 26.0 Å². The number of hydrogen-bond acceptors (Lipinski definition) is 3. The van der Waals surface area contributed by atoms with Gasteiger partial charge in [0.1, 0.15) is 0 Å². The van der Waals surface area contributed by atoms with E-state index in [1.165, 1.54) is 27.7 Å². The summed E-state index contributed by atoms with van der Waals surface area (Å²) in [4.78, 5) is 0. The first kappa shape index (κ1) is 13.2. The van der Waals surface area contributed by atoms with Crippen molar-refractivity contribution in [3.63, 3.8) is 0 Å². The summed E-state index contributed by atoms with van der Waals surface area (Å²) in [6, 6.07) is 0. The Hall–Kier alpha value is 0.140. The lowest BCUT2D eigenvalue weighted by Crippen LogP contribution is -2.09. The minimum absolute atomic E-state index is 0.597. The second-order valence-corrected chi connectivity index (χ2v) is 6.24. The summed E-state index contributed by atoms with van der Waals surface area (Å²) in [6.45, 7) is 5.16. The van der Waals surface area contributed by atoms with Crippen LogP contribution in [0, 0.1) is 5.92 Å². The fourth-order valence-corrected chi connectivity index (χ4v) is 4.45. The van der Waals surface area contributed by atoms with Gasteiger partial charge in [0, 0.05) is 4.24 Å². The van der Waals surface area contributed by atoms with Gasteiger partial charge >= 0.3 is 0 Å². The van der Waals surface area contributed by atoms with Crippen LogP contribution in [0.5, 0.6) is 0 Å². The molecule has 1 aliphatic heterocycles. The Morgan fingerprint density at radius 1 is 1.47 bits per heavy atom. The van der Waals surface area contributed by atoms with Crippen molar-refractivity contribution in [3.8, 4) is 0 Å². The molecule has 0 aromatic rings. The summed E-state index contributed by atoms with van der Waals surface area (Å²) in [7, 11) is 0. The monoisotopic (exact) mass is 243 g/mol. The zero-order valence-corrected chi connectivity index (χ0v) is 11.3. The average Bonchev–Trinajstić information content (AvgIpc) is 2.27.